The number of primary amides is 1. The third kappa shape index (κ3) is 3.15. The van der Waals surface area contributed by atoms with E-state index in [4.69, 9.17) is 15.7 Å². The predicted octanol–water partition coefficient (Wildman–Crippen LogP) is 4.05. The van der Waals surface area contributed by atoms with E-state index in [-0.39, 0.29) is 5.91 Å². The van der Waals surface area contributed by atoms with Crippen LogP contribution in [-0.4, -0.2) is 26.9 Å². The third-order valence-electron chi connectivity index (χ3n) is 6.56. The molecule has 3 aromatic heterocycles. The van der Waals surface area contributed by atoms with Crippen molar-refractivity contribution < 1.29 is 4.79 Å². The molecule has 6 rings (SSSR count). The van der Waals surface area contributed by atoms with Gasteiger partial charge in [-0.05, 0) is 54.5 Å². The Morgan fingerprint density at radius 3 is 2.72 bits per heavy atom. The fourth-order valence-electron chi connectivity index (χ4n) is 4.97. The monoisotopic (exact) mass is 441 g/mol. The minimum Gasteiger partial charge on any atom is -0.368 e. The van der Waals surface area contributed by atoms with Gasteiger partial charge in [0.1, 0.15) is 16.7 Å². The first-order valence-electron chi connectivity index (χ1n) is 11.0. The number of amides is 1. The summed E-state index contributed by atoms with van der Waals surface area (Å²) in [5.74, 6) is 1.14. The van der Waals surface area contributed by atoms with Crippen LogP contribution in [0.4, 0.5) is 5.82 Å². The molecule has 1 amide bonds. The maximum absolute atomic E-state index is 12.6. The highest BCUT2D eigenvalue weighted by Crippen LogP contribution is 2.42. The number of aromatic nitrogens is 3. The number of fused-ring (bicyclic) bond motifs is 4. The molecular weight excluding hydrogens is 418 g/mol. The van der Waals surface area contributed by atoms with Gasteiger partial charge in [-0.1, -0.05) is 24.3 Å². The van der Waals surface area contributed by atoms with Crippen molar-refractivity contribution in [1.29, 1.82) is 0 Å². The average Bonchev–Trinajstić information content (AvgIpc) is 3.22. The standard InChI is InChI=1S/C25H23N5OS/c26-22(31)19-12-15-6-1-2-7-17(15)14-30(19)24-21-18-9-3-4-10-20(18)32-25(21)29-23(28-24)16-8-5-11-27-13-16/h1-2,5-8,11,13,19H,3-4,9-10,12,14H2,(H2,26,31)/t19-/m0/s1. The molecule has 1 aliphatic heterocycles. The molecule has 1 atom stereocenters. The highest BCUT2D eigenvalue weighted by Gasteiger charge is 2.34. The molecule has 0 spiro atoms. The first-order chi connectivity index (χ1) is 15.7. The summed E-state index contributed by atoms with van der Waals surface area (Å²) >= 11 is 1.77. The number of aryl methyl sites for hydroxylation is 2. The van der Waals surface area contributed by atoms with Crippen LogP contribution in [0.15, 0.2) is 48.8 Å². The molecule has 0 saturated carbocycles. The summed E-state index contributed by atoms with van der Waals surface area (Å²) in [7, 11) is 0. The van der Waals surface area contributed by atoms with Crippen LogP contribution >= 0.6 is 11.3 Å². The van der Waals surface area contributed by atoms with E-state index in [9.17, 15) is 4.79 Å². The Kier molecular flexibility index (Phi) is 4.64. The molecule has 4 aromatic rings. The summed E-state index contributed by atoms with van der Waals surface area (Å²) in [6, 6.07) is 11.7. The number of nitrogens with two attached hydrogens (primary N) is 1. The summed E-state index contributed by atoms with van der Waals surface area (Å²) in [5, 5.41) is 1.10. The maximum atomic E-state index is 12.6. The number of rotatable bonds is 3. The Morgan fingerprint density at radius 2 is 1.91 bits per heavy atom. The number of carbonyl (C=O) groups excluding carboxylic acids is 1. The smallest absolute Gasteiger partial charge is 0.240 e. The van der Waals surface area contributed by atoms with Crippen molar-refractivity contribution in [2.45, 2.75) is 44.7 Å². The number of thiophene rings is 1. The molecule has 4 heterocycles. The van der Waals surface area contributed by atoms with Crippen LogP contribution < -0.4 is 10.6 Å². The number of benzene rings is 1. The molecule has 1 aliphatic carbocycles. The average molecular weight is 442 g/mol. The largest absolute Gasteiger partial charge is 0.368 e. The minimum absolute atomic E-state index is 0.321. The van der Waals surface area contributed by atoms with E-state index < -0.39 is 6.04 Å². The predicted molar refractivity (Wildman–Crippen MR) is 127 cm³/mol. The molecule has 6 nitrogen and oxygen atoms in total. The normalized spacial score (nSPS) is 17.8. The molecule has 2 aliphatic rings. The van der Waals surface area contributed by atoms with Crippen LogP contribution in [0.1, 0.15) is 34.4 Å². The molecule has 160 valence electrons. The Labute approximate surface area is 190 Å². The van der Waals surface area contributed by atoms with Crippen molar-refractivity contribution in [1.82, 2.24) is 15.0 Å². The molecule has 0 fully saturated rings. The summed E-state index contributed by atoms with van der Waals surface area (Å²) < 4.78 is 0. The van der Waals surface area contributed by atoms with Crippen molar-refractivity contribution >= 4 is 33.3 Å². The van der Waals surface area contributed by atoms with E-state index in [2.05, 4.69) is 22.0 Å². The fraction of sp³-hybridized carbons (Fsp3) is 0.280. The molecule has 0 radical (unpaired) electrons. The molecule has 32 heavy (non-hydrogen) atoms. The highest BCUT2D eigenvalue weighted by molar-refractivity contribution is 7.19. The number of hydrogen-bond acceptors (Lipinski definition) is 6. The number of carbonyl (C=O) groups is 1. The van der Waals surface area contributed by atoms with Gasteiger partial charge in [-0.2, -0.15) is 0 Å². The Bertz CT molecular complexity index is 1330. The van der Waals surface area contributed by atoms with Gasteiger partial charge in [-0.15, -0.1) is 11.3 Å². The maximum Gasteiger partial charge on any atom is 0.240 e. The summed E-state index contributed by atoms with van der Waals surface area (Å²) in [6.07, 6.45) is 8.62. The summed E-state index contributed by atoms with van der Waals surface area (Å²) in [5.41, 5.74) is 10.5. The van der Waals surface area contributed by atoms with Crippen LogP contribution in [0.25, 0.3) is 21.6 Å². The SMILES string of the molecule is NC(=O)[C@@H]1Cc2ccccc2CN1c1nc(-c2cccnc2)nc2sc3c(c12)CCCC3. The Balaban J connectivity index is 1.60. The van der Waals surface area contributed by atoms with Crippen molar-refractivity contribution in [3.63, 3.8) is 0 Å². The van der Waals surface area contributed by atoms with Crippen molar-refractivity contribution in [2.24, 2.45) is 5.73 Å². The van der Waals surface area contributed by atoms with E-state index in [0.29, 0.717) is 18.8 Å². The van der Waals surface area contributed by atoms with E-state index in [0.717, 1.165) is 34.4 Å². The minimum atomic E-state index is -0.441. The summed E-state index contributed by atoms with van der Waals surface area (Å²) in [4.78, 5) is 31.3. The lowest BCUT2D eigenvalue weighted by atomic mass is 9.92. The Hall–Kier alpha value is -3.32. The van der Waals surface area contributed by atoms with Gasteiger partial charge in [-0.3, -0.25) is 9.78 Å². The topological polar surface area (TPSA) is 85.0 Å². The first-order valence-corrected chi connectivity index (χ1v) is 11.9. The molecule has 7 heteroatoms. The second-order valence-electron chi connectivity index (χ2n) is 8.52. The third-order valence-corrected chi connectivity index (χ3v) is 7.75. The van der Waals surface area contributed by atoms with Gasteiger partial charge in [0.15, 0.2) is 5.82 Å². The van der Waals surface area contributed by atoms with Gasteiger partial charge < -0.3 is 10.6 Å². The van der Waals surface area contributed by atoms with E-state index in [1.54, 1.807) is 23.7 Å². The van der Waals surface area contributed by atoms with Crippen LogP contribution in [0.2, 0.25) is 0 Å². The first kappa shape index (κ1) is 19.4. The second kappa shape index (κ2) is 7.67. The molecule has 1 aromatic carbocycles. The van der Waals surface area contributed by atoms with Gasteiger partial charge in [0, 0.05) is 35.8 Å². The zero-order chi connectivity index (χ0) is 21.7. The van der Waals surface area contributed by atoms with Gasteiger partial charge in [0.25, 0.3) is 0 Å². The number of hydrogen-bond donors (Lipinski definition) is 1. The fourth-order valence-corrected chi connectivity index (χ4v) is 6.23. The van der Waals surface area contributed by atoms with Gasteiger partial charge in [0.05, 0.1) is 5.39 Å². The van der Waals surface area contributed by atoms with E-state index in [1.165, 1.54) is 34.4 Å². The van der Waals surface area contributed by atoms with Crippen LogP contribution in [0.3, 0.4) is 0 Å². The van der Waals surface area contributed by atoms with E-state index in [1.807, 2.05) is 24.3 Å². The van der Waals surface area contributed by atoms with Crippen molar-refractivity contribution in [2.75, 3.05) is 4.90 Å². The lowest BCUT2D eigenvalue weighted by Gasteiger charge is -2.36. The number of anilines is 1. The van der Waals surface area contributed by atoms with Gasteiger partial charge >= 0.3 is 0 Å². The molecule has 0 saturated heterocycles. The van der Waals surface area contributed by atoms with Gasteiger partial charge in [-0.25, -0.2) is 9.97 Å². The van der Waals surface area contributed by atoms with Gasteiger partial charge in [0.2, 0.25) is 5.91 Å². The van der Waals surface area contributed by atoms with Crippen molar-refractivity contribution in [3.05, 3.63) is 70.4 Å². The number of pyridine rings is 1. The summed E-state index contributed by atoms with van der Waals surface area (Å²) in [6.45, 7) is 0.604. The lowest BCUT2D eigenvalue weighted by Crippen LogP contribution is -2.49. The van der Waals surface area contributed by atoms with E-state index >= 15 is 0 Å². The highest BCUT2D eigenvalue weighted by atomic mass is 32.1. The van der Waals surface area contributed by atoms with Crippen LogP contribution in [-0.2, 0) is 30.6 Å². The lowest BCUT2D eigenvalue weighted by molar-refractivity contribution is -0.119. The Morgan fingerprint density at radius 1 is 1.06 bits per heavy atom. The quantitative estimate of drug-likeness (QED) is 0.518. The molecular formula is C25H23N5OS. The van der Waals surface area contributed by atoms with Crippen molar-refractivity contribution in [3.8, 4) is 11.4 Å². The van der Waals surface area contributed by atoms with Crippen LogP contribution in [0, 0.1) is 0 Å². The molecule has 0 unspecified atom stereocenters. The zero-order valence-electron chi connectivity index (χ0n) is 17.6. The zero-order valence-corrected chi connectivity index (χ0v) is 18.4. The number of nitrogens with zero attached hydrogens (tertiary/aromatic N) is 4. The second-order valence-corrected chi connectivity index (χ2v) is 9.61. The molecule has 0 bridgehead atoms. The van der Waals surface area contributed by atoms with Crippen LogP contribution in [0.5, 0.6) is 0 Å². The molecule has 2 N–H and O–H groups in total.